The SMILES string of the molecule is CN(C1CCC1)S(=O)(=O)CC1CCCCN1. The van der Waals surface area contributed by atoms with Crippen molar-refractivity contribution in [2.24, 2.45) is 0 Å². The van der Waals surface area contributed by atoms with Gasteiger partial charge in [0.15, 0.2) is 0 Å². The van der Waals surface area contributed by atoms with Gasteiger partial charge >= 0.3 is 0 Å². The maximum Gasteiger partial charge on any atom is 0.215 e. The average Bonchev–Trinajstić information content (AvgIpc) is 2.15. The van der Waals surface area contributed by atoms with E-state index in [0.29, 0.717) is 0 Å². The number of nitrogens with one attached hydrogen (secondary N) is 1. The number of nitrogens with zero attached hydrogens (tertiary/aromatic N) is 1. The van der Waals surface area contributed by atoms with Crippen molar-refractivity contribution < 1.29 is 8.42 Å². The van der Waals surface area contributed by atoms with Crippen molar-refractivity contribution in [3.63, 3.8) is 0 Å². The summed E-state index contributed by atoms with van der Waals surface area (Å²) in [7, 11) is -1.31. The Morgan fingerprint density at radius 3 is 2.44 bits per heavy atom. The molecule has 0 spiro atoms. The summed E-state index contributed by atoms with van der Waals surface area (Å²) in [5.74, 6) is 0.278. The van der Waals surface area contributed by atoms with Gasteiger partial charge < -0.3 is 5.32 Å². The van der Waals surface area contributed by atoms with Gasteiger partial charge in [0.2, 0.25) is 10.0 Å². The lowest BCUT2D eigenvalue weighted by molar-refractivity contribution is 0.248. The summed E-state index contributed by atoms with van der Waals surface area (Å²) in [4.78, 5) is 0. The average molecular weight is 246 g/mol. The molecule has 0 radical (unpaired) electrons. The lowest BCUT2D eigenvalue weighted by Gasteiger charge is -2.35. The van der Waals surface area contributed by atoms with Gasteiger partial charge in [0.1, 0.15) is 0 Å². The molecular formula is C11H22N2O2S. The third-order valence-electron chi connectivity index (χ3n) is 3.85. The molecule has 2 rings (SSSR count). The van der Waals surface area contributed by atoms with Crippen LogP contribution in [-0.2, 0) is 10.0 Å². The van der Waals surface area contributed by atoms with E-state index in [1.807, 2.05) is 0 Å². The Morgan fingerprint density at radius 1 is 1.19 bits per heavy atom. The van der Waals surface area contributed by atoms with Gasteiger partial charge in [-0.1, -0.05) is 12.8 Å². The summed E-state index contributed by atoms with van der Waals surface area (Å²) < 4.78 is 25.8. The molecule has 1 saturated heterocycles. The summed E-state index contributed by atoms with van der Waals surface area (Å²) in [6.07, 6.45) is 6.57. The van der Waals surface area contributed by atoms with Crippen molar-refractivity contribution in [2.45, 2.75) is 50.6 Å². The molecule has 1 heterocycles. The molecule has 2 aliphatic rings. The molecule has 1 unspecified atom stereocenters. The van der Waals surface area contributed by atoms with Crippen LogP contribution in [-0.4, -0.2) is 44.2 Å². The number of sulfonamides is 1. The van der Waals surface area contributed by atoms with Crippen molar-refractivity contribution in [3.8, 4) is 0 Å². The van der Waals surface area contributed by atoms with Crippen molar-refractivity contribution >= 4 is 10.0 Å². The summed E-state index contributed by atoms with van der Waals surface area (Å²) >= 11 is 0. The quantitative estimate of drug-likeness (QED) is 0.803. The van der Waals surface area contributed by atoms with Gasteiger partial charge in [-0.25, -0.2) is 12.7 Å². The van der Waals surface area contributed by atoms with Crippen LogP contribution in [0.15, 0.2) is 0 Å². The van der Waals surface area contributed by atoms with Crippen LogP contribution >= 0.6 is 0 Å². The largest absolute Gasteiger partial charge is 0.313 e. The minimum Gasteiger partial charge on any atom is -0.313 e. The van der Waals surface area contributed by atoms with Crippen LogP contribution in [0.5, 0.6) is 0 Å². The first-order valence-electron chi connectivity index (χ1n) is 6.29. The van der Waals surface area contributed by atoms with Crippen molar-refractivity contribution in [3.05, 3.63) is 0 Å². The van der Waals surface area contributed by atoms with Crippen LogP contribution in [0.1, 0.15) is 38.5 Å². The molecule has 1 aliphatic heterocycles. The molecule has 1 N–H and O–H groups in total. The predicted octanol–water partition coefficient (Wildman–Crippen LogP) is 0.943. The highest BCUT2D eigenvalue weighted by Gasteiger charge is 2.32. The summed E-state index contributed by atoms with van der Waals surface area (Å²) in [5.41, 5.74) is 0. The van der Waals surface area contributed by atoms with Gasteiger partial charge in [0.25, 0.3) is 0 Å². The molecule has 1 saturated carbocycles. The standard InChI is InChI=1S/C11H22N2O2S/c1-13(11-6-4-7-11)16(14,15)9-10-5-2-3-8-12-10/h10-12H,2-9H2,1H3. The lowest BCUT2D eigenvalue weighted by atomic mass is 9.94. The lowest BCUT2D eigenvalue weighted by Crippen LogP contribution is -2.47. The van der Waals surface area contributed by atoms with Gasteiger partial charge in [-0.15, -0.1) is 0 Å². The second kappa shape index (κ2) is 5.02. The molecule has 0 aromatic carbocycles. The second-order valence-corrected chi connectivity index (χ2v) is 7.10. The van der Waals surface area contributed by atoms with E-state index in [0.717, 1.165) is 32.2 Å². The fourth-order valence-electron chi connectivity index (χ4n) is 2.42. The molecule has 4 nitrogen and oxygen atoms in total. The highest BCUT2D eigenvalue weighted by molar-refractivity contribution is 7.89. The van der Waals surface area contributed by atoms with E-state index < -0.39 is 10.0 Å². The number of rotatable bonds is 4. The molecule has 94 valence electrons. The summed E-state index contributed by atoms with van der Waals surface area (Å²) in [6, 6.07) is 0.440. The van der Waals surface area contributed by atoms with Crippen molar-refractivity contribution in [2.75, 3.05) is 19.3 Å². The zero-order valence-corrected chi connectivity index (χ0v) is 10.8. The molecule has 0 bridgehead atoms. The Kier molecular flexibility index (Phi) is 3.87. The normalized spacial score (nSPS) is 28.0. The van der Waals surface area contributed by atoms with Crippen molar-refractivity contribution in [1.29, 1.82) is 0 Å². The molecule has 2 fully saturated rings. The smallest absolute Gasteiger partial charge is 0.215 e. The Morgan fingerprint density at radius 2 is 1.94 bits per heavy atom. The Bertz CT molecular complexity index is 319. The minimum atomic E-state index is -3.05. The van der Waals surface area contributed by atoms with E-state index in [1.165, 1.54) is 12.8 Å². The van der Waals surface area contributed by atoms with Crippen LogP contribution in [0, 0.1) is 0 Å². The molecule has 16 heavy (non-hydrogen) atoms. The van der Waals surface area contributed by atoms with Crippen LogP contribution < -0.4 is 5.32 Å². The molecule has 1 atom stereocenters. The minimum absolute atomic E-state index is 0.168. The number of hydrogen-bond donors (Lipinski definition) is 1. The molecule has 0 amide bonds. The molecular weight excluding hydrogens is 224 g/mol. The maximum atomic E-state index is 12.1. The monoisotopic (exact) mass is 246 g/mol. The van der Waals surface area contributed by atoms with Gasteiger partial charge in [0.05, 0.1) is 5.75 Å². The zero-order chi connectivity index (χ0) is 11.6. The topological polar surface area (TPSA) is 49.4 Å². The van der Waals surface area contributed by atoms with Crippen LogP contribution in [0.2, 0.25) is 0 Å². The van der Waals surface area contributed by atoms with Crippen LogP contribution in [0.4, 0.5) is 0 Å². The Balaban J connectivity index is 1.90. The van der Waals surface area contributed by atoms with E-state index in [2.05, 4.69) is 5.32 Å². The summed E-state index contributed by atoms with van der Waals surface area (Å²) in [6.45, 7) is 0.966. The van der Waals surface area contributed by atoms with E-state index in [4.69, 9.17) is 0 Å². The fourth-order valence-corrected chi connectivity index (χ4v) is 4.11. The van der Waals surface area contributed by atoms with E-state index >= 15 is 0 Å². The fraction of sp³-hybridized carbons (Fsp3) is 1.00. The maximum absolute atomic E-state index is 12.1. The van der Waals surface area contributed by atoms with E-state index in [-0.39, 0.29) is 17.8 Å². The molecule has 0 aromatic heterocycles. The van der Waals surface area contributed by atoms with E-state index in [9.17, 15) is 8.42 Å². The Labute approximate surface area is 98.4 Å². The van der Waals surface area contributed by atoms with Crippen molar-refractivity contribution in [1.82, 2.24) is 9.62 Å². The van der Waals surface area contributed by atoms with Gasteiger partial charge in [0, 0.05) is 19.1 Å². The predicted molar refractivity (Wildman–Crippen MR) is 64.8 cm³/mol. The third-order valence-corrected chi connectivity index (χ3v) is 5.85. The van der Waals surface area contributed by atoms with Crippen LogP contribution in [0.25, 0.3) is 0 Å². The molecule has 5 heteroatoms. The van der Waals surface area contributed by atoms with Crippen LogP contribution in [0.3, 0.4) is 0 Å². The third kappa shape index (κ3) is 2.76. The number of hydrogen-bond acceptors (Lipinski definition) is 3. The highest BCUT2D eigenvalue weighted by atomic mass is 32.2. The summed E-state index contributed by atoms with van der Waals surface area (Å²) in [5, 5.41) is 3.30. The molecule has 1 aliphatic carbocycles. The van der Waals surface area contributed by atoms with Gasteiger partial charge in [-0.05, 0) is 32.2 Å². The Hall–Kier alpha value is -0.130. The second-order valence-electron chi connectivity index (χ2n) is 5.03. The van der Waals surface area contributed by atoms with Gasteiger partial charge in [-0.2, -0.15) is 0 Å². The highest BCUT2D eigenvalue weighted by Crippen LogP contribution is 2.26. The van der Waals surface area contributed by atoms with E-state index in [1.54, 1.807) is 11.4 Å². The first-order chi connectivity index (χ1) is 7.59. The number of piperidine rings is 1. The first-order valence-corrected chi connectivity index (χ1v) is 7.89. The first kappa shape index (κ1) is 12.3. The van der Waals surface area contributed by atoms with Gasteiger partial charge in [-0.3, -0.25) is 0 Å². The molecule has 0 aromatic rings. The zero-order valence-electron chi connectivity index (χ0n) is 9.98.